The number of hydrogen-bond donors (Lipinski definition) is 1. The van der Waals surface area contributed by atoms with Crippen molar-refractivity contribution < 1.29 is 14.0 Å². The molecule has 2 aromatic carbocycles. The third kappa shape index (κ3) is 5.15. The first kappa shape index (κ1) is 29.8. The number of carbonyl (C=O) groups is 2. The number of fused-ring (bicyclic) bond motifs is 3. The molecule has 7 nitrogen and oxygen atoms in total. The topological polar surface area (TPSA) is 84.5 Å². The van der Waals surface area contributed by atoms with Crippen molar-refractivity contribution in [2.24, 2.45) is 11.1 Å². The molecule has 2 bridgehead atoms. The van der Waals surface area contributed by atoms with Gasteiger partial charge in [-0.15, -0.1) is 0 Å². The van der Waals surface area contributed by atoms with Gasteiger partial charge in [0.2, 0.25) is 11.8 Å². The molecule has 0 aliphatic carbocycles. The molecule has 230 valence electrons. The van der Waals surface area contributed by atoms with E-state index in [-0.39, 0.29) is 17.1 Å². The average Bonchev–Trinajstić information content (AvgIpc) is 3.47. The van der Waals surface area contributed by atoms with E-state index >= 15 is 0 Å². The number of aromatic nitrogens is 2. The van der Waals surface area contributed by atoms with Crippen LogP contribution in [-0.2, 0) is 15.0 Å². The summed E-state index contributed by atoms with van der Waals surface area (Å²) >= 11 is 0. The maximum Gasteiger partial charge on any atom is 0.238 e. The number of rotatable bonds is 9. The molecule has 0 radical (unpaired) electrons. The second-order valence-electron chi connectivity index (χ2n) is 13.3. The fourth-order valence-electron chi connectivity index (χ4n) is 8.74. The Morgan fingerprint density at radius 3 is 2.30 bits per heavy atom. The predicted octanol–water partition coefficient (Wildman–Crippen LogP) is 5.89. The van der Waals surface area contributed by atoms with E-state index in [0.717, 1.165) is 55.6 Å². The van der Waals surface area contributed by atoms with E-state index in [1.807, 2.05) is 24.8 Å². The molecule has 3 fully saturated rings. The zero-order valence-electron chi connectivity index (χ0n) is 25.9. The summed E-state index contributed by atoms with van der Waals surface area (Å²) < 4.78 is 17.0. The maximum atomic E-state index is 14.6. The normalized spacial score (nSPS) is 24.0. The first-order chi connectivity index (χ1) is 20.7. The molecule has 2 N–H and O–H groups in total. The van der Waals surface area contributed by atoms with Crippen molar-refractivity contribution in [3.8, 4) is 0 Å². The highest BCUT2D eigenvalue weighted by Gasteiger charge is 2.47. The number of nitrogens with zero attached hydrogens (tertiary/aromatic N) is 4. The maximum absolute atomic E-state index is 14.6. The Labute approximate surface area is 254 Å². The molecule has 1 aromatic heterocycles. The Balaban J connectivity index is 1.19. The molecule has 2 atom stereocenters. The van der Waals surface area contributed by atoms with Crippen LogP contribution in [0.15, 0.2) is 48.5 Å². The SMILES string of the molecule is CCC(CC)(C(N)=O)C(=O)N1CCC(CCN2C3CCC2CC(n2c(C)nc4ccccc42)C3)(c2cccc(F)c2)CC1. The molecule has 2 unspecified atom stereocenters. The van der Waals surface area contributed by atoms with Crippen LogP contribution in [0.25, 0.3) is 11.0 Å². The molecule has 6 rings (SSSR count). The Bertz CT molecular complexity index is 1470. The van der Waals surface area contributed by atoms with Gasteiger partial charge in [-0.3, -0.25) is 14.5 Å². The Morgan fingerprint density at radius 1 is 1.00 bits per heavy atom. The first-order valence-electron chi connectivity index (χ1n) is 16.3. The minimum atomic E-state index is -1.15. The lowest BCUT2D eigenvalue weighted by molar-refractivity contribution is -0.151. The van der Waals surface area contributed by atoms with Crippen molar-refractivity contribution in [2.45, 2.75) is 102 Å². The number of para-hydroxylation sites is 2. The minimum Gasteiger partial charge on any atom is -0.369 e. The van der Waals surface area contributed by atoms with Gasteiger partial charge in [-0.2, -0.15) is 0 Å². The summed E-state index contributed by atoms with van der Waals surface area (Å²) in [6, 6.07) is 17.0. The van der Waals surface area contributed by atoms with Crippen LogP contribution in [0, 0.1) is 18.2 Å². The number of piperidine rings is 2. The van der Waals surface area contributed by atoms with Crippen LogP contribution in [-0.4, -0.2) is 62.9 Å². The molecule has 3 aliphatic heterocycles. The molecular weight excluding hydrogens is 541 g/mol. The van der Waals surface area contributed by atoms with E-state index in [2.05, 4.69) is 46.7 Å². The van der Waals surface area contributed by atoms with Crippen LogP contribution < -0.4 is 5.73 Å². The van der Waals surface area contributed by atoms with Crippen LogP contribution >= 0.6 is 0 Å². The Kier molecular flexibility index (Phi) is 8.09. The summed E-state index contributed by atoms with van der Waals surface area (Å²) in [6.07, 6.45) is 7.88. The number of benzene rings is 2. The molecule has 4 heterocycles. The Hall–Kier alpha value is -3.26. The highest BCUT2D eigenvalue weighted by atomic mass is 19.1. The summed E-state index contributed by atoms with van der Waals surface area (Å²) in [5, 5.41) is 0. The largest absolute Gasteiger partial charge is 0.369 e. The summed E-state index contributed by atoms with van der Waals surface area (Å²) in [5.41, 5.74) is 7.71. The van der Waals surface area contributed by atoms with Crippen molar-refractivity contribution in [1.29, 1.82) is 0 Å². The third-order valence-electron chi connectivity index (χ3n) is 11.4. The molecule has 8 heteroatoms. The Morgan fingerprint density at radius 2 is 1.67 bits per heavy atom. The lowest BCUT2D eigenvalue weighted by Crippen LogP contribution is -2.55. The van der Waals surface area contributed by atoms with E-state index in [9.17, 15) is 14.0 Å². The van der Waals surface area contributed by atoms with E-state index in [1.54, 1.807) is 6.07 Å². The summed E-state index contributed by atoms with van der Waals surface area (Å²) in [5.74, 6) is 0.184. The number of nitrogens with two attached hydrogens (primary N) is 1. The smallest absolute Gasteiger partial charge is 0.238 e. The summed E-state index contributed by atoms with van der Waals surface area (Å²) in [4.78, 5) is 35.4. The van der Waals surface area contributed by atoms with Crippen LogP contribution in [0.2, 0.25) is 0 Å². The van der Waals surface area contributed by atoms with Gasteiger partial charge in [-0.1, -0.05) is 38.1 Å². The molecule has 0 saturated carbocycles. The summed E-state index contributed by atoms with van der Waals surface area (Å²) in [6.45, 7) is 7.91. The van der Waals surface area contributed by atoms with Gasteiger partial charge < -0.3 is 15.2 Å². The molecule has 2 amide bonds. The van der Waals surface area contributed by atoms with E-state index < -0.39 is 11.3 Å². The number of primary amides is 1. The quantitative estimate of drug-likeness (QED) is 0.316. The number of aryl methyl sites for hydroxylation is 1. The highest BCUT2D eigenvalue weighted by Crippen LogP contribution is 2.45. The summed E-state index contributed by atoms with van der Waals surface area (Å²) in [7, 11) is 0. The van der Waals surface area contributed by atoms with Gasteiger partial charge in [0.1, 0.15) is 17.1 Å². The molecule has 0 spiro atoms. The predicted molar refractivity (Wildman–Crippen MR) is 167 cm³/mol. The standard InChI is InChI=1S/C35H46FN5O2/c1-4-35(5-2,32(37)42)33(43)39-18-15-34(16-19-39,25-9-8-10-26(36)21-25)17-20-40-27-13-14-28(40)23-29(22-27)41-24(3)38-30-11-6-7-12-31(30)41/h6-12,21,27-29H,4-5,13-20,22-23H2,1-3H3,(H2,37,42). The van der Waals surface area contributed by atoms with Gasteiger partial charge in [0, 0.05) is 31.2 Å². The molecular formula is C35H46FN5O2. The second-order valence-corrected chi connectivity index (χ2v) is 13.3. The number of imidazole rings is 1. The van der Waals surface area contributed by atoms with Crippen LogP contribution in [0.3, 0.4) is 0 Å². The second kappa shape index (κ2) is 11.7. The van der Waals surface area contributed by atoms with Gasteiger partial charge in [0.05, 0.1) is 11.0 Å². The fraction of sp³-hybridized carbons (Fsp3) is 0.571. The van der Waals surface area contributed by atoms with Crippen molar-refractivity contribution in [3.05, 3.63) is 65.7 Å². The van der Waals surface area contributed by atoms with Gasteiger partial charge in [0.15, 0.2) is 0 Å². The zero-order valence-corrected chi connectivity index (χ0v) is 25.9. The average molecular weight is 588 g/mol. The monoisotopic (exact) mass is 587 g/mol. The first-order valence-corrected chi connectivity index (χ1v) is 16.3. The fourth-order valence-corrected chi connectivity index (χ4v) is 8.74. The molecule has 3 aromatic rings. The lowest BCUT2D eigenvalue weighted by atomic mass is 9.69. The van der Waals surface area contributed by atoms with Crippen LogP contribution in [0.1, 0.15) is 89.1 Å². The zero-order chi connectivity index (χ0) is 30.4. The van der Waals surface area contributed by atoms with Gasteiger partial charge in [0.25, 0.3) is 0 Å². The highest BCUT2D eigenvalue weighted by molar-refractivity contribution is 6.04. The van der Waals surface area contributed by atoms with E-state index in [4.69, 9.17) is 10.7 Å². The number of carbonyl (C=O) groups excluding carboxylic acids is 2. The van der Waals surface area contributed by atoms with Gasteiger partial charge in [-0.05, 0) is 106 Å². The van der Waals surface area contributed by atoms with Gasteiger partial charge in [-0.25, -0.2) is 9.37 Å². The number of likely N-dealkylation sites (tertiary alicyclic amines) is 1. The van der Waals surface area contributed by atoms with Crippen LogP contribution in [0.5, 0.6) is 0 Å². The molecule has 43 heavy (non-hydrogen) atoms. The number of halogens is 1. The third-order valence-corrected chi connectivity index (χ3v) is 11.4. The van der Waals surface area contributed by atoms with E-state index in [0.29, 0.717) is 44.1 Å². The van der Waals surface area contributed by atoms with Gasteiger partial charge >= 0.3 is 0 Å². The van der Waals surface area contributed by atoms with Crippen molar-refractivity contribution in [1.82, 2.24) is 19.4 Å². The molecule has 3 saturated heterocycles. The minimum absolute atomic E-state index is 0.153. The van der Waals surface area contributed by atoms with Crippen LogP contribution in [0.4, 0.5) is 4.39 Å². The van der Waals surface area contributed by atoms with Crippen molar-refractivity contribution in [2.75, 3.05) is 19.6 Å². The van der Waals surface area contributed by atoms with Crippen molar-refractivity contribution in [3.63, 3.8) is 0 Å². The van der Waals surface area contributed by atoms with E-state index in [1.165, 1.54) is 24.4 Å². The number of amides is 2. The number of hydrogen-bond acceptors (Lipinski definition) is 4. The van der Waals surface area contributed by atoms with Crippen molar-refractivity contribution >= 4 is 22.8 Å². The lowest BCUT2D eigenvalue weighted by Gasteiger charge is -2.46. The molecule has 3 aliphatic rings.